The molecule has 208 valence electrons. The van der Waals surface area contributed by atoms with Crippen molar-refractivity contribution in [2.75, 3.05) is 18.0 Å². The highest BCUT2D eigenvalue weighted by Crippen LogP contribution is 2.34. The molecular weight excluding hydrogens is 529 g/mol. The van der Waals surface area contributed by atoms with E-state index in [1.54, 1.807) is 30.3 Å². The molecule has 1 amide bonds. The van der Waals surface area contributed by atoms with Crippen molar-refractivity contribution >= 4 is 34.4 Å². The van der Waals surface area contributed by atoms with Crippen molar-refractivity contribution in [2.45, 2.75) is 46.1 Å². The molecule has 9 heteroatoms. The van der Waals surface area contributed by atoms with E-state index < -0.39 is 11.5 Å². The van der Waals surface area contributed by atoms with Crippen LogP contribution in [0.3, 0.4) is 0 Å². The van der Waals surface area contributed by atoms with Gasteiger partial charge in [-0.05, 0) is 43.0 Å². The summed E-state index contributed by atoms with van der Waals surface area (Å²) in [7, 11) is 0. The SMILES string of the molecule is C=CCCN(c1nc(=O)n(-c2ccccc2C(C)C)c2nc(-c3ccccc3Cl)c(F)cc12)C(C)CNC(C)=O. The van der Waals surface area contributed by atoms with Crippen LogP contribution in [0.1, 0.15) is 45.6 Å². The maximum absolute atomic E-state index is 15.8. The van der Waals surface area contributed by atoms with Gasteiger partial charge in [0.1, 0.15) is 17.3 Å². The zero-order chi connectivity index (χ0) is 29.0. The Kier molecular flexibility index (Phi) is 9.00. The minimum Gasteiger partial charge on any atom is -0.354 e. The van der Waals surface area contributed by atoms with Crippen LogP contribution in [0.5, 0.6) is 0 Å². The van der Waals surface area contributed by atoms with Gasteiger partial charge in [-0.3, -0.25) is 4.79 Å². The second-order valence-corrected chi connectivity index (χ2v) is 10.4. The standard InChI is InChI=1S/C31H33ClFN5O2/c1-6-7-16-37(20(4)18-34-21(5)39)29-24-17-26(33)28(23-13-8-10-14-25(23)32)35-30(24)38(31(40)36-29)27-15-11-9-12-22(27)19(2)3/h6,8-15,17,19-20H,1,7,16,18H2,2-5H3,(H,34,39). The van der Waals surface area contributed by atoms with E-state index in [2.05, 4.69) is 16.9 Å². The lowest BCUT2D eigenvalue weighted by Crippen LogP contribution is -2.43. The molecule has 0 saturated carbocycles. The molecule has 0 fully saturated rings. The summed E-state index contributed by atoms with van der Waals surface area (Å²) in [4.78, 5) is 36.6. The summed E-state index contributed by atoms with van der Waals surface area (Å²) >= 11 is 6.44. The number of amides is 1. The molecule has 0 aliphatic rings. The fourth-order valence-electron chi connectivity index (χ4n) is 4.73. The summed E-state index contributed by atoms with van der Waals surface area (Å²) in [5, 5.41) is 3.53. The van der Waals surface area contributed by atoms with E-state index in [1.165, 1.54) is 17.6 Å². The summed E-state index contributed by atoms with van der Waals surface area (Å²) in [6, 6.07) is 15.5. The van der Waals surface area contributed by atoms with Gasteiger partial charge in [0.05, 0.1) is 16.1 Å². The molecule has 7 nitrogen and oxygen atoms in total. The van der Waals surface area contributed by atoms with Gasteiger partial charge in [0, 0.05) is 31.6 Å². The highest BCUT2D eigenvalue weighted by atomic mass is 35.5. The number of fused-ring (bicyclic) bond motifs is 1. The maximum atomic E-state index is 15.8. The predicted octanol–water partition coefficient (Wildman–Crippen LogP) is 6.27. The smallest absolute Gasteiger partial charge is 0.354 e. The third-order valence-corrected chi connectivity index (χ3v) is 7.08. The molecule has 4 aromatic rings. The van der Waals surface area contributed by atoms with E-state index >= 15 is 4.39 Å². The molecule has 40 heavy (non-hydrogen) atoms. The van der Waals surface area contributed by atoms with Gasteiger partial charge in [0.15, 0.2) is 5.65 Å². The Hall–Kier alpha value is -4.04. The molecule has 2 aromatic heterocycles. The van der Waals surface area contributed by atoms with Gasteiger partial charge < -0.3 is 10.2 Å². The number of nitrogens with one attached hydrogen (secondary N) is 1. The summed E-state index contributed by atoms with van der Waals surface area (Å²) < 4.78 is 17.3. The first kappa shape index (κ1) is 29.0. The van der Waals surface area contributed by atoms with Crippen molar-refractivity contribution in [1.82, 2.24) is 19.9 Å². The third-order valence-electron chi connectivity index (χ3n) is 6.75. The number of pyridine rings is 1. The van der Waals surface area contributed by atoms with Gasteiger partial charge in [0.2, 0.25) is 5.91 Å². The summed E-state index contributed by atoms with van der Waals surface area (Å²) in [5.41, 5.74) is 1.72. The van der Waals surface area contributed by atoms with Crippen LogP contribution in [0, 0.1) is 5.82 Å². The number of carbonyl (C=O) groups is 1. The molecule has 1 N–H and O–H groups in total. The number of rotatable bonds is 10. The Morgan fingerprint density at radius 2 is 1.85 bits per heavy atom. The molecular formula is C31H33ClFN5O2. The van der Waals surface area contributed by atoms with Crippen molar-refractivity contribution in [3.63, 3.8) is 0 Å². The second kappa shape index (κ2) is 12.4. The minimum absolute atomic E-state index is 0.0364. The van der Waals surface area contributed by atoms with Crippen LogP contribution in [0.15, 0.2) is 72.0 Å². The van der Waals surface area contributed by atoms with E-state index in [0.29, 0.717) is 41.2 Å². The lowest BCUT2D eigenvalue weighted by Gasteiger charge is -2.31. The summed E-state index contributed by atoms with van der Waals surface area (Å²) in [5.74, 6) is -0.381. The first-order chi connectivity index (χ1) is 19.1. The molecule has 0 aliphatic heterocycles. The van der Waals surface area contributed by atoms with Gasteiger partial charge in [-0.15, -0.1) is 6.58 Å². The molecule has 0 spiro atoms. The maximum Gasteiger partial charge on any atom is 0.355 e. The fraction of sp³-hybridized carbons (Fsp3) is 0.290. The molecule has 1 atom stereocenters. The Morgan fingerprint density at radius 3 is 2.52 bits per heavy atom. The number of benzene rings is 2. The molecule has 2 aromatic carbocycles. The van der Waals surface area contributed by atoms with Crippen molar-refractivity contribution in [3.05, 3.63) is 94.1 Å². The predicted molar refractivity (Wildman–Crippen MR) is 160 cm³/mol. The zero-order valence-corrected chi connectivity index (χ0v) is 23.9. The second-order valence-electron chi connectivity index (χ2n) is 9.99. The minimum atomic E-state index is -0.593. The number of aromatic nitrogens is 3. The molecule has 0 aliphatic carbocycles. The summed E-state index contributed by atoms with van der Waals surface area (Å²) in [6.45, 7) is 12.0. The third kappa shape index (κ3) is 5.92. The van der Waals surface area contributed by atoms with Crippen molar-refractivity contribution in [2.24, 2.45) is 0 Å². The van der Waals surface area contributed by atoms with Crippen LogP contribution in [0.2, 0.25) is 5.02 Å². The number of anilines is 1. The molecule has 0 radical (unpaired) electrons. The van der Waals surface area contributed by atoms with E-state index in [1.807, 2.05) is 49.9 Å². The quantitative estimate of drug-likeness (QED) is 0.231. The molecule has 4 rings (SSSR count). The molecule has 0 bridgehead atoms. The topological polar surface area (TPSA) is 80.1 Å². The summed E-state index contributed by atoms with van der Waals surface area (Å²) in [6.07, 6.45) is 2.34. The molecule has 0 saturated heterocycles. The number of hydrogen-bond donors (Lipinski definition) is 1. The van der Waals surface area contributed by atoms with Crippen LogP contribution in [0.4, 0.5) is 10.2 Å². The van der Waals surface area contributed by atoms with E-state index in [-0.39, 0.29) is 35.0 Å². The normalized spacial score (nSPS) is 12.0. The van der Waals surface area contributed by atoms with Crippen molar-refractivity contribution < 1.29 is 9.18 Å². The first-order valence-electron chi connectivity index (χ1n) is 13.2. The van der Waals surface area contributed by atoms with Gasteiger partial charge in [-0.25, -0.2) is 18.7 Å². The Morgan fingerprint density at radius 1 is 1.15 bits per heavy atom. The zero-order valence-electron chi connectivity index (χ0n) is 23.1. The van der Waals surface area contributed by atoms with Gasteiger partial charge in [-0.2, -0.15) is 4.98 Å². The Balaban J connectivity index is 2.08. The van der Waals surface area contributed by atoms with Crippen LogP contribution < -0.4 is 15.9 Å². The average molecular weight is 562 g/mol. The number of halogens is 2. The van der Waals surface area contributed by atoms with Gasteiger partial charge in [-0.1, -0.05) is 67.9 Å². The van der Waals surface area contributed by atoms with Gasteiger partial charge in [0.25, 0.3) is 0 Å². The van der Waals surface area contributed by atoms with E-state index in [9.17, 15) is 9.59 Å². The first-order valence-corrected chi connectivity index (χ1v) is 13.6. The highest BCUT2D eigenvalue weighted by molar-refractivity contribution is 6.33. The molecule has 2 heterocycles. The largest absolute Gasteiger partial charge is 0.355 e. The Labute approximate surface area is 238 Å². The van der Waals surface area contributed by atoms with Crippen molar-refractivity contribution in [1.29, 1.82) is 0 Å². The number of hydrogen-bond acceptors (Lipinski definition) is 5. The Bertz CT molecular complexity index is 1620. The lowest BCUT2D eigenvalue weighted by atomic mass is 10.0. The van der Waals surface area contributed by atoms with Crippen LogP contribution >= 0.6 is 11.6 Å². The van der Waals surface area contributed by atoms with E-state index in [4.69, 9.17) is 16.6 Å². The lowest BCUT2D eigenvalue weighted by molar-refractivity contribution is -0.119. The molecule has 1 unspecified atom stereocenters. The van der Waals surface area contributed by atoms with Crippen molar-refractivity contribution in [3.8, 4) is 16.9 Å². The average Bonchev–Trinajstić information content (AvgIpc) is 2.92. The van der Waals surface area contributed by atoms with Gasteiger partial charge >= 0.3 is 5.69 Å². The van der Waals surface area contributed by atoms with Crippen LogP contribution in [0.25, 0.3) is 28.0 Å². The van der Waals surface area contributed by atoms with Crippen LogP contribution in [-0.4, -0.2) is 39.6 Å². The number of nitrogens with zero attached hydrogens (tertiary/aromatic N) is 4. The number of para-hydroxylation sites is 1. The number of carbonyl (C=O) groups excluding carboxylic acids is 1. The highest BCUT2D eigenvalue weighted by Gasteiger charge is 2.25. The van der Waals surface area contributed by atoms with E-state index in [0.717, 1.165) is 5.56 Å². The monoisotopic (exact) mass is 561 g/mol. The van der Waals surface area contributed by atoms with Crippen LogP contribution in [-0.2, 0) is 4.79 Å². The fourth-order valence-corrected chi connectivity index (χ4v) is 4.96.